The normalized spacial score (nSPS) is 13.8. The number of fused-ring (bicyclic) bond motifs is 3. The van der Waals surface area contributed by atoms with Gasteiger partial charge in [-0.3, -0.25) is 0 Å². The first-order valence-electron chi connectivity index (χ1n) is 22.0. The molecule has 6 heteroatoms. The fraction of sp³-hybridized carbons (Fsp3) is 0.241. The van der Waals surface area contributed by atoms with Crippen molar-refractivity contribution in [3.63, 3.8) is 0 Å². The smallest absolute Gasteiger partial charge is 0.135 e. The molecule has 0 fully saturated rings. The van der Waals surface area contributed by atoms with Crippen molar-refractivity contribution in [1.82, 2.24) is 9.55 Å². The molecular weight excluding hydrogens is 964 g/mol. The van der Waals surface area contributed by atoms with Gasteiger partial charge in [0.2, 0.25) is 0 Å². The first kappa shape index (κ1) is 44.7. The van der Waals surface area contributed by atoms with Gasteiger partial charge < -0.3 is 19.1 Å². The van der Waals surface area contributed by atoms with Gasteiger partial charge in [0.05, 0.1) is 0 Å². The molecule has 9 rings (SSSR count). The number of benzene rings is 6. The molecule has 0 radical (unpaired) electrons. The van der Waals surface area contributed by atoms with Crippen LogP contribution in [0.25, 0.3) is 27.6 Å². The number of anilines is 2. The third-order valence-electron chi connectivity index (χ3n) is 12.7. The van der Waals surface area contributed by atoms with Crippen molar-refractivity contribution in [2.24, 2.45) is 10.8 Å². The number of pyridine rings is 1. The molecule has 1 aliphatic rings. The minimum atomic E-state index is -0.222. The SMILES string of the molecule is CC(C)(C)C1=C(C(C)(C)C)N(c2ccc(C(C)(C)c3ccccc3)cc2)[CH-]N1c1[c-]c(Oc2[c-]c3c(cc2)c2ccccc2n3-c2cc(C(C)(C)c3ccccc3)ccn2)ccc1.[Pt]. The molecule has 0 atom stereocenters. The zero-order valence-electron chi connectivity index (χ0n) is 38.6. The Bertz CT molecular complexity index is 2970. The number of allylic oxidation sites excluding steroid dienone is 2. The predicted molar refractivity (Wildman–Crippen MR) is 262 cm³/mol. The van der Waals surface area contributed by atoms with E-state index in [1.54, 1.807) is 0 Å². The largest absolute Gasteiger partial charge is 0.509 e. The molecule has 1 aliphatic heterocycles. The van der Waals surface area contributed by atoms with Gasteiger partial charge in [0, 0.05) is 83.0 Å². The minimum Gasteiger partial charge on any atom is -0.509 e. The van der Waals surface area contributed by atoms with Crippen molar-refractivity contribution in [3.05, 3.63) is 210 Å². The topological polar surface area (TPSA) is 33.5 Å². The molecule has 0 saturated heterocycles. The molecule has 3 heterocycles. The Kier molecular flexibility index (Phi) is 11.8. The zero-order chi connectivity index (χ0) is 44.3. The second-order valence-electron chi connectivity index (χ2n) is 19.9. The van der Waals surface area contributed by atoms with Crippen molar-refractivity contribution in [2.45, 2.75) is 80.1 Å². The van der Waals surface area contributed by atoms with Crippen molar-refractivity contribution in [2.75, 3.05) is 9.80 Å². The van der Waals surface area contributed by atoms with Gasteiger partial charge in [-0.2, -0.15) is 12.1 Å². The number of hydrogen-bond donors (Lipinski definition) is 0. The summed E-state index contributed by atoms with van der Waals surface area (Å²) in [6.45, 7) is 25.1. The van der Waals surface area contributed by atoms with Crippen LogP contribution >= 0.6 is 0 Å². The predicted octanol–water partition coefficient (Wildman–Crippen LogP) is 15.0. The summed E-state index contributed by atoms with van der Waals surface area (Å²) < 4.78 is 8.91. The van der Waals surface area contributed by atoms with Gasteiger partial charge in [0.25, 0.3) is 0 Å². The van der Waals surface area contributed by atoms with E-state index in [9.17, 15) is 0 Å². The average Bonchev–Trinajstić information content (AvgIpc) is 3.85. The molecule has 0 aliphatic carbocycles. The molecule has 2 aromatic heterocycles. The summed E-state index contributed by atoms with van der Waals surface area (Å²) in [7, 11) is 0. The van der Waals surface area contributed by atoms with E-state index >= 15 is 0 Å². The zero-order valence-corrected chi connectivity index (χ0v) is 40.9. The molecule has 64 heavy (non-hydrogen) atoms. The molecule has 0 saturated carbocycles. The van der Waals surface area contributed by atoms with Crippen molar-refractivity contribution in [3.8, 4) is 17.3 Å². The maximum absolute atomic E-state index is 6.70. The van der Waals surface area contributed by atoms with E-state index in [0.717, 1.165) is 39.0 Å². The quantitative estimate of drug-likeness (QED) is 0.135. The number of para-hydroxylation sites is 1. The van der Waals surface area contributed by atoms with Gasteiger partial charge >= 0.3 is 0 Å². The molecule has 5 nitrogen and oxygen atoms in total. The Morgan fingerprint density at radius 1 is 0.500 bits per heavy atom. The third kappa shape index (κ3) is 8.20. The van der Waals surface area contributed by atoms with Gasteiger partial charge in [0.1, 0.15) is 5.82 Å². The Morgan fingerprint density at radius 2 is 1.06 bits per heavy atom. The van der Waals surface area contributed by atoms with Crippen LogP contribution in [0.4, 0.5) is 11.4 Å². The standard InChI is InChI=1S/C58H57N4O.Pt/c1-55(2,3)53-54(56(4,5)6)61(39-60(53)44-30-28-42(29-31-44)57(7,8)40-20-13-11-14-21-40)45-24-19-25-46(37-45)63-47-32-33-49-48-26-17-18-27-50(48)62(51(49)38-47)52-36-43(34-35-59-52)58(9,10)41-22-15-12-16-23-41;/h11-36,39H,1-10H3;/q-3;. The number of nitrogens with zero attached hydrogens (tertiary/aromatic N) is 4. The molecule has 0 N–H and O–H groups in total. The van der Waals surface area contributed by atoms with E-state index in [4.69, 9.17) is 9.72 Å². The van der Waals surface area contributed by atoms with Crippen LogP contribution in [-0.4, -0.2) is 9.55 Å². The second-order valence-corrected chi connectivity index (χ2v) is 19.9. The summed E-state index contributed by atoms with van der Waals surface area (Å²) in [5.41, 5.74) is 10.8. The van der Waals surface area contributed by atoms with Crippen LogP contribution in [0.15, 0.2) is 169 Å². The summed E-state index contributed by atoms with van der Waals surface area (Å²) in [5.74, 6) is 2.05. The van der Waals surface area contributed by atoms with E-state index in [-0.39, 0.29) is 42.7 Å². The van der Waals surface area contributed by atoms with Crippen LogP contribution in [0.3, 0.4) is 0 Å². The Balaban J connectivity index is 0.00000560. The molecule has 8 aromatic rings. The number of rotatable bonds is 9. The van der Waals surface area contributed by atoms with Gasteiger partial charge in [0.15, 0.2) is 0 Å². The van der Waals surface area contributed by atoms with Gasteiger partial charge in [-0.25, -0.2) is 4.98 Å². The maximum atomic E-state index is 6.70. The summed E-state index contributed by atoms with van der Waals surface area (Å²) in [5, 5.41) is 2.22. The van der Waals surface area contributed by atoms with Crippen LogP contribution < -0.4 is 14.5 Å². The maximum Gasteiger partial charge on any atom is 0.135 e. The number of ether oxygens (including phenoxy) is 1. The van der Waals surface area contributed by atoms with E-state index in [0.29, 0.717) is 11.5 Å². The Hall–Kier alpha value is -5.90. The first-order valence-corrected chi connectivity index (χ1v) is 22.0. The number of hydrogen-bond acceptors (Lipinski definition) is 4. The fourth-order valence-corrected chi connectivity index (χ4v) is 9.21. The van der Waals surface area contributed by atoms with E-state index in [1.165, 1.54) is 33.6 Å². The Morgan fingerprint density at radius 3 is 1.70 bits per heavy atom. The molecular formula is C58H57N4OPt-3. The third-order valence-corrected chi connectivity index (χ3v) is 12.7. The first-order chi connectivity index (χ1) is 30.0. The molecule has 328 valence electrons. The summed E-state index contributed by atoms with van der Waals surface area (Å²) in [6.07, 6.45) is 1.92. The average molecular weight is 1020 g/mol. The monoisotopic (exact) mass is 1020 g/mol. The van der Waals surface area contributed by atoms with Crippen molar-refractivity contribution < 1.29 is 25.8 Å². The van der Waals surface area contributed by atoms with E-state index < -0.39 is 0 Å². The van der Waals surface area contributed by atoms with Crippen LogP contribution in [0.2, 0.25) is 0 Å². The van der Waals surface area contributed by atoms with E-state index in [2.05, 4.69) is 242 Å². The van der Waals surface area contributed by atoms with Crippen LogP contribution in [0.1, 0.15) is 91.5 Å². The van der Waals surface area contributed by atoms with Crippen molar-refractivity contribution >= 4 is 33.2 Å². The van der Waals surface area contributed by atoms with E-state index in [1.807, 2.05) is 18.3 Å². The Labute approximate surface area is 394 Å². The molecule has 6 aromatic carbocycles. The second kappa shape index (κ2) is 16.9. The minimum absolute atomic E-state index is 0. The molecule has 0 spiro atoms. The van der Waals surface area contributed by atoms with Gasteiger partial charge in [-0.15, -0.1) is 48.1 Å². The summed E-state index contributed by atoms with van der Waals surface area (Å²) in [4.78, 5) is 9.61. The van der Waals surface area contributed by atoms with Crippen LogP contribution in [0.5, 0.6) is 11.5 Å². The summed E-state index contributed by atoms with van der Waals surface area (Å²) >= 11 is 0. The van der Waals surface area contributed by atoms with Crippen molar-refractivity contribution in [1.29, 1.82) is 0 Å². The van der Waals surface area contributed by atoms with Crippen LogP contribution in [0, 0.1) is 29.6 Å². The molecule has 0 bridgehead atoms. The number of aromatic nitrogens is 2. The van der Waals surface area contributed by atoms with Gasteiger partial charge in [-0.05, 0) is 58.0 Å². The van der Waals surface area contributed by atoms with Crippen LogP contribution in [-0.2, 0) is 31.9 Å². The fourth-order valence-electron chi connectivity index (χ4n) is 9.21. The van der Waals surface area contributed by atoms with Gasteiger partial charge in [-0.1, -0.05) is 166 Å². The molecule has 0 unspecified atom stereocenters. The molecule has 0 amide bonds. The summed E-state index contributed by atoms with van der Waals surface area (Å²) in [6, 6.07) is 60.9.